The van der Waals surface area contributed by atoms with Crippen molar-refractivity contribution in [3.8, 4) is 5.75 Å². The molecule has 3 atom stereocenters. The fraction of sp³-hybridized carbons (Fsp3) is 0.417. The number of hydrogen-bond donors (Lipinski definition) is 2. The van der Waals surface area contributed by atoms with Crippen LogP contribution in [0.25, 0.3) is 0 Å². The van der Waals surface area contributed by atoms with Crippen molar-refractivity contribution in [2.45, 2.75) is 54.5 Å². The van der Waals surface area contributed by atoms with Gasteiger partial charge in [0.15, 0.2) is 17.0 Å². The minimum Gasteiger partial charge on any atom is -0.503 e. The zero-order valence-corrected chi connectivity index (χ0v) is 22.1. The highest BCUT2D eigenvalue weighted by Crippen LogP contribution is 2.55. The smallest absolute Gasteiger partial charge is 0.274 e. The highest BCUT2D eigenvalue weighted by Gasteiger charge is 2.63. The van der Waals surface area contributed by atoms with Crippen LogP contribution in [0.1, 0.15) is 52.2 Å². The number of aromatic nitrogens is 1. The topological polar surface area (TPSA) is 122 Å². The lowest BCUT2D eigenvalue weighted by Crippen LogP contribution is -2.58. The molecule has 3 aliphatic rings. The molecule has 4 heterocycles. The third kappa shape index (κ3) is 4.59. The Balaban J connectivity index is 1.59. The van der Waals surface area contributed by atoms with Gasteiger partial charge in [-0.3, -0.25) is 14.4 Å². The van der Waals surface area contributed by atoms with Crippen LogP contribution in [0, 0.1) is 17.5 Å². The van der Waals surface area contributed by atoms with Crippen LogP contribution in [-0.2, 0) is 16.1 Å². The van der Waals surface area contributed by atoms with Gasteiger partial charge in [-0.15, -0.1) is 0 Å². The molecule has 2 bridgehead atoms. The molecule has 2 amide bonds. The number of pyridine rings is 1. The first-order chi connectivity index (χ1) is 19.5. The van der Waals surface area contributed by atoms with Gasteiger partial charge in [-0.25, -0.2) is 13.2 Å². The third-order valence-electron chi connectivity index (χ3n) is 7.78. The number of halogens is 3. The molecule has 2 aromatic rings. The van der Waals surface area contributed by atoms with Gasteiger partial charge in [0, 0.05) is 48.2 Å². The van der Waals surface area contributed by atoms with Gasteiger partial charge < -0.3 is 29.5 Å². The lowest BCUT2D eigenvalue weighted by atomic mass is 9.43. The molecule has 18 heteroatoms. The van der Waals surface area contributed by atoms with E-state index in [1.807, 2.05) is 0 Å². The average molecular weight is 569 g/mol. The number of benzene rings is 1. The molecule has 5 rings (SSSR count). The lowest BCUT2D eigenvalue weighted by molar-refractivity contribution is -0.0716. The minimum atomic E-state index is -2.25. The maximum atomic E-state index is 14.1. The highest BCUT2D eigenvalue weighted by molar-refractivity contribution is 6.59. The summed E-state index contributed by atoms with van der Waals surface area (Å²) in [6.07, 6.45) is 1.29. The van der Waals surface area contributed by atoms with Gasteiger partial charge >= 0.3 is 0 Å². The van der Waals surface area contributed by atoms with Gasteiger partial charge in [0.05, 0.1) is 21.7 Å². The first kappa shape index (κ1) is 29.8. The van der Waals surface area contributed by atoms with E-state index in [0.717, 1.165) is 10.8 Å². The van der Waals surface area contributed by atoms with E-state index in [-0.39, 0.29) is 19.4 Å². The quantitative estimate of drug-likeness (QED) is 0.490. The molecule has 1 fully saturated rings. The second-order valence-corrected chi connectivity index (χ2v) is 10.6. The molecular weight excluding hydrogens is 551 g/mol. The second kappa shape index (κ2) is 9.94. The summed E-state index contributed by atoms with van der Waals surface area (Å²) in [5, 5.41) is 12.6. The van der Waals surface area contributed by atoms with Crippen LogP contribution in [0.2, 0.25) is 5.21 Å². The number of nitrogens with zero attached hydrogens (tertiary/aromatic N) is 3. The normalized spacial score (nSPS) is 24.4. The summed E-state index contributed by atoms with van der Waals surface area (Å²) >= 11 is 0. The molecule has 0 saturated carbocycles. The molecular formula is C24H18B5F3N4O6. The number of nitrogens with one attached hydrogen (secondary N) is 1. The predicted molar refractivity (Wildman–Crippen MR) is 145 cm³/mol. The van der Waals surface area contributed by atoms with E-state index < -0.39 is 97.9 Å². The van der Waals surface area contributed by atoms with Crippen molar-refractivity contribution in [3.63, 3.8) is 0 Å². The first-order valence-electron chi connectivity index (χ1n) is 12.6. The summed E-state index contributed by atoms with van der Waals surface area (Å²) < 4.78 is 47.8. The van der Waals surface area contributed by atoms with E-state index in [0.29, 0.717) is 12.1 Å². The van der Waals surface area contributed by atoms with E-state index in [2.05, 4.69) is 10.5 Å². The van der Waals surface area contributed by atoms with Crippen LogP contribution in [0.15, 0.2) is 28.3 Å². The van der Waals surface area contributed by atoms with Crippen LogP contribution < -0.4 is 10.7 Å². The molecule has 1 aromatic carbocycles. The minimum absolute atomic E-state index is 0.0513. The molecule has 3 aliphatic heterocycles. The number of ether oxygens (including phenoxy) is 1. The van der Waals surface area contributed by atoms with Gasteiger partial charge in [-0.05, 0) is 25.1 Å². The number of carbonyl (C=O) groups excluding carboxylic acids is 2. The Hall–Kier alpha value is -3.71. The maximum Gasteiger partial charge on any atom is 0.274 e. The number of carbonyl (C=O) groups is 2. The summed E-state index contributed by atoms with van der Waals surface area (Å²) in [6.45, 7) is 0.822. The number of oxime groups is 1. The Bertz CT molecular complexity index is 1580. The van der Waals surface area contributed by atoms with Crippen LogP contribution in [-0.4, -0.2) is 95.0 Å². The highest BCUT2D eigenvalue weighted by atomic mass is 19.1. The van der Waals surface area contributed by atoms with Crippen molar-refractivity contribution in [1.82, 2.24) is 14.8 Å². The molecule has 1 aromatic heterocycles. The van der Waals surface area contributed by atoms with Gasteiger partial charge in [-0.1, -0.05) is 5.16 Å². The molecule has 10 radical (unpaired) electrons. The van der Waals surface area contributed by atoms with Crippen molar-refractivity contribution in [3.05, 3.63) is 62.8 Å². The molecule has 1 spiro atoms. The monoisotopic (exact) mass is 570 g/mol. The van der Waals surface area contributed by atoms with Gasteiger partial charge in [0.1, 0.15) is 46.6 Å². The van der Waals surface area contributed by atoms with E-state index in [9.17, 15) is 32.7 Å². The van der Waals surface area contributed by atoms with E-state index in [4.69, 9.17) is 48.8 Å². The summed E-state index contributed by atoms with van der Waals surface area (Å²) in [5.74, 6) is -7.15. The van der Waals surface area contributed by atoms with Crippen LogP contribution in [0.5, 0.6) is 5.75 Å². The maximum absolute atomic E-state index is 14.1. The van der Waals surface area contributed by atoms with E-state index in [1.54, 1.807) is 6.92 Å². The van der Waals surface area contributed by atoms with Crippen molar-refractivity contribution < 1.29 is 37.4 Å². The standard InChI is InChI=1S/C24H18B5F3N4O6/c1-9-2-3-22(23(25,26)21(34-42-22)41-24(27,28)29)15-8-35(9)20(40)16-18(38)17(37)12(7-36(15)16)19(39)33-6-11-13(31)4-10(30)5-14(11)32/h4-5,7,9,15,38H,2-3,6,8H2,1H3,(H,33,39)/t9-,15+,22+/m0/s1. The number of fused-ring (bicyclic) bond motifs is 5. The molecule has 206 valence electrons. The average Bonchev–Trinajstić information content (AvgIpc) is 3.03. The van der Waals surface area contributed by atoms with Crippen LogP contribution >= 0.6 is 0 Å². The molecule has 2 N–H and O–H groups in total. The summed E-state index contributed by atoms with van der Waals surface area (Å²) in [6, 6.07) is -0.701. The molecule has 0 aliphatic carbocycles. The number of rotatable bonds is 4. The Morgan fingerprint density at radius 3 is 2.50 bits per heavy atom. The first-order valence-corrected chi connectivity index (χ1v) is 12.6. The molecule has 10 nitrogen and oxygen atoms in total. The number of hydrogen-bond acceptors (Lipinski definition) is 7. The van der Waals surface area contributed by atoms with Crippen LogP contribution in [0.4, 0.5) is 13.2 Å². The third-order valence-corrected chi connectivity index (χ3v) is 7.78. The molecule has 0 unspecified atom stereocenters. The number of aromatic hydroxyl groups is 1. The van der Waals surface area contributed by atoms with Crippen molar-refractivity contribution in [1.29, 1.82) is 0 Å². The van der Waals surface area contributed by atoms with Gasteiger partial charge in [0.2, 0.25) is 11.3 Å². The van der Waals surface area contributed by atoms with Crippen molar-refractivity contribution >= 4 is 56.9 Å². The van der Waals surface area contributed by atoms with E-state index in [1.165, 1.54) is 4.90 Å². The fourth-order valence-corrected chi connectivity index (χ4v) is 5.55. The zero-order chi connectivity index (χ0) is 30.9. The number of amides is 2. The summed E-state index contributed by atoms with van der Waals surface area (Å²) in [7, 11) is 29.6. The van der Waals surface area contributed by atoms with Crippen molar-refractivity contribution in [2.75, 3.05) is 6.54 Å². The Labute approximate surface area is 244 Å². The SMILES string of the molecule is [B]C([B])([B])OC1=NO[C@@]2(CC[C@H](C)N3C[C@H]2n2cc(C(=O)NCc4c(F)cc(F)cc4F)c(=O)c(O)c2C3=O)C1([B])[B]. The van der Waals surface area contributed by atoms with Gasteiger partial charge in [0.25, 0.3) is 11.8 Å². The van der Waals surface area contributed by atoms with Crippen LogP contribution in [0.3, 0.4) is 0 Å². The Morgan fingerprint density at radius 2 is 1.88 bits per heavy atom. The fourth-order valence-electron chi connectivity index (χ4n) is 5.55. The Morgan fingerprint density at radius 1 is 1.24 bits per heavy atom. The second-order valence-electron chi connectivity index (χ2n) is 10.6. The molecule has 1 saturated heterocycles. The Kier molecular flexibility index (Phi) is 7.05. The molecule has 42 heavy (non-hydrogen) atoms. The summed E-state index contributed by atoms with van der Waals surface area (Å²) in [4.78, 5) is 46.8. The van der Waals surface area contributed by atoms with Gasteiger partial charge in [-0.2, -0.15) is 0 Å². The van der Waals surface area contributed by atoms with Crippen molar-refractivity contribution in [2.24, 2.45) is 5.16 Å². The lowest BCUT2D eigenvalue weighted by Gasteiger charge is -2.48. The predicted octanol–water partition coefficient (Wildman–Crippen LogP) is -0.250. The summed E-state index contributed by atoms with van der Waals surface area (Å²) in [5.41, 5.74) is -4.83. The largest absolute Gasteiger partial charge is 0.503 e. The zero-order valence-electron chi connectivity index (χ0n) is 22.1. The van der Waals surface area contributed by atoms with E-state index >= 15 is 0 Å².